The summed E-state index contributed by atoms with van der Waals surface area (Å²) in [5.41, 5.74) is 2.80. The number of benzene rings is 1. The molecule has 108 valence electrons. The first-order valence-corrected chi connectivity index (χ1v) is 7.09. The number of aromatic amines is 1. The molecule has 0 saturated heterocycles. The summed E-state index contributed by atoms with van der Waals surface area (Å²) in [5.74, 6) is -1.08. The topological polar surface area (TPSA) is 70.2 Å². The molecule has 0 bridgehead atoms. The maximum Gasteiger partial charge on any atom is 0.352 e. The monoisotopic (exact) mass is 303 g/mol. The van der Waals surface area contributed by atoms with Gasteiger partial charge < -0.3 is 10.1 Å². The van der Waals surface area contributed by atoms with E-state index in [1.165, 1.54) is 0 Å². The molecule has 2 aromatic rings. The average molecular weight is 304 g/mol. The molecule has 1 heterocycles. The van der Waals surface area contributed by atoms with Crippen LogP contribution >= 0.6 is 11.6 Å². The lowest BCUT2D eigenvalue weighted by Crippen LogP contribution is -2.18. The number of H-pyrrole nitrogens is 1. The smallest absolute Gasteiger partial charge is 0.352 e. The van der Waals surface area contributed by atoms with E-state index in [4.69, 9.17) is 16.7 Å². The molecular formula is C16H14ClNO3. The first-order chi connectivity index (χ1) is 9.99. The number of nitrogens with one attached hydrogen (secondary N) is 1. The average Bonchev–Trinajstić information content (AvgIpc) is 2.77. The third kappa shape index (κ3) is 2.25. The van der Waals surface area contributed by atoms with Crippen molar-refractivity contribution in [3.05, 3.63) is 57.4 Å². The van der Waals surface area contributed by atoms with Crippen LogP contribution in [-0.4, -0.2) is 21.8 Å². The van der Waals surface area contributed by atoms with E-state index in [0.717, 1.165) is 5.56 Å². The summed E-state index contributed by atoms with van der Waals surface area (Å²) in [6.45, 7) is 1.67. The fourth-order valence-electron chi connectivity index (χ4n) is 3.07. The van der Waals surface area contributed by atoms with E-state index in [-0.39, 0.29) is 17.4 Å². The van der Waals surface area contributed by atoms with Gasteiger partial charge in [-0.2, -0.15) is 0 Å². The Kier molecular flexibility index (Phi) is 3.33. The predicted molar refractivity (Wildman–Crippen MR) is 79.3 cm³/mol. The van der Waals surface area contributed by atoms with Crippen molar-refractivity contribution in [2.45, 2.75) is 25.7 Å². The van der Waals surface area contributed by atoms with Crippen LogP contribution in [0.4, 0.5) is 0 Å². The van der Waals surface area contributed by atoms with Gasteiger partial charge in [0, 0.05) is 22.7 Å². The maximum atomic E-state index is 12.4. The molecule has 0 fully saturated rings. The number of ketones is 1. The number of halogens is 1. The van der Waals surface area contributed by atoms with E-state index in [1.54, 1.807) is 13.0 Å². The molecule has 0 unspecified atom stereocenters. The summed E-state index contributed by atoms with van der Waals surface area (Å²) in [6.07, 6.45) is 0.952. The van der Waals surface area contributed by atoms with Crippen LogP contribution in [-0.2, 0) is 6.42 Å². The van der Waals surface area contributed by atoms with Gasteiger partial charge in [0.2, 0.25) is 0 Å². The van der Waals surface area contributed by atoms with Crippen molar-refractivity contribution >= 4 is 23.4 Å². The van der Waals surface area contributed by atoms with Crippen molar-refractivity contribution in [3.8, 4) is 0 Å². The molecule has 0 saturated carbocycles. The third-order valence-corrected chi connectivity index (χ3v) is 4.39. The SMILES string of the molecule is Cc1c(C(=O)O)[nH]c2c1C(=O)C[C@@H](c1ccccc1Cl)C2. The molecule has 1 aliphatic carbocycles. The molecule has 4 nitrogen and oxygen atoms in total. The van der Waals surface area contributed by atoms with Crippen molar-refractivity contribution in [1.82, 2.24) is 4.98 Å². The third-order valence-electron chi connectivity index (χ3n) is 4.05. The molecule has 1 aromatic carbocycles. The molecule has 1 aliphatic rings. The van der Waals surface area contributed by atoms with Gasteiger partial charge in [0.25, 0.3) is 0 Å². The van der Waals surface area contributed by atoms with Crippen LogP contribution in [0, 0.1) is 6.92 Å². The number of hydrogen-bond acceptors (Lipinski definition) is 2. The second-order valence-corrected chi connectivity index (χ2v) is 5.74. The Bertz CT molecular complexity index is 748. The Morgan fingerprint density at radius 3 is 2.71 bits per heavy atom. The Hall–Kier alpha value is -2.07. The molecule has 2 N–H and O–H groups in total. The molecule has 21 heavy (non-hydrogen) atoms. The largest absolute Gasteiger partial charge is 0.477 e. The number of carboxylic acids is 1. The fourth-order valence-corrected chi connectivity index (χ4v) is 3.36. The lowest BCUT2D eigenvalue weighted by atomic mass is 9.81. The van der Waals surface area contributed by atoms with E-state index in [2.05, 4.69) is 4.98 Å². The highest BCUT2D eigenvalue weighted by atomic mass is 35.5. The van der Waals surface area contributed by atoms with Crippen LogP contribution in [0.1, 0.15) is 50.0 Å². The molecular weight excluding hydrogens is 290 g/mol. The molecule has 5 heteroatoms. The molecule has 0 aliphatic heterocycles. The zero-order valence-corrected chi connectivity index (χ0v) is 12.2. The molecule has 1 aromatic heterocycles. The number of carbonyl (C=O) groups excluding carboxylic acids is 1. The molecule has 1 atom stereocenters. The second kappa shape index (κ2) is 5.04. The van der Waals surface area contributed by atoms with E-state index in [9.17, 15) is 9.59 Å². The van der Waals surface area contributed by atoms with Crippen LogP contribution in [0.2, 0.25) is 5.02 Å². The minimum atomic E-state index is -1.04. The van der Waals surface area contributed by atoms with Crippen molar-refractivity contribution in [3.63, 3.8) is 0 Å². The van der Waals surface area contributed by atoms with Crippen LogP contribution in [0.5, 0.6) is 0 Å². The van der Waals surface area contributed by atoms with Crippen molar-refractivity contribution in [2.24, 2.45) is 0 Å². The van der Waals surface area contributed by atoms with Crippen LogP contribution in [0.15, 0.2) is 24.3 Å². The van der Waals surface area contributed by atoms with Crippen LogP contribution in [0.25, 0.3) is 0 Å². The predicted octanol–water partition coefficient (Wildman–Crippen LogP) is 3.59. The summed E-state index contributed by atoms with van der Waals surface area (Å²) in [6, 6.07) is 7.46. The second-order valence-electron chi connectivity index (χ2n) is 5.33. The van der Waals surface area contributed by atoms with Gasteiger partial charge in [-0.15, -0.1) is 0 Å². The number of fused-ring (bicyclic) bond motifs is 1. The van der Waals surface area contributed by atoms with E-state index < -0.39 is 5.97 Å². The van der Waals surface area contributed by atoms with Gasteiger partial charge in [-0.1, -0.05) is 29.8 Å². The van der Waals surface area contributed by atoms with E-state index >= 15 is 0 Å². The summed E-state index contributed by atoms with van der Waals surface area (Å²) in [7, 11) is 0. The van der Waals surface area contributed by atoms with E-state index in [1.807, 2.05) is 18.2 Å². The van der Waals surface area contributed by atoms with Crippen LogP contribution < -0.4 is 0 Å². The lowest BCUT2D eigenvalue weighted by Gasteiger charge is -2.22. The highest BCUT2D eigenvalue weighted by Crippen LogP contribution is 2.37. The number of rotatable bonds is 2. The first-order valence-electron chi connectivity index (χ1n) is 6.71. The number of Topliss-reactive ketones (excluding diaryl/α,β-unsaturated/α-hetero) is 1. The number of carbonyl (C=O) groups is 2. The van der Waals surface area contributed by atoms with Gasteiger partial charge in [-0.05, 0) is 36.5 Å². The zero-order valence-electron chi connectivity index (χ0n) is 11.4. The molecule has 0 radical (unpaired) electrons. The Morgan fingerprint density at radius 1 is 1.33 bits per heavy atom. The van der Waals surface area contributed by atoms with E-state index in [0.29, 0.717) is 34.7 Å². The highest BCUT2D eigenvalue weighted by Gasteiger charge is 2.32. The van der Waals surface area contributed by atoms with Crippen molar-refractivity contribution in [2.75, 3.05) is 0 Å². The minimum Gasteiger partial charge on any atom is -0.477 e. The Morgan fingerprint density at radius 2 is 2.05 bits per heavy atom. The number of aromatic nitrogens is 1. The Balaban J connectivity index is 2.04. The van der Waals surface area contributed by atoms with Gasteiger partial charge in [-0.3, -0.25) is 4.79 Å². The number of aromatic carboxylic acids is 1. The van der Waals surface area contributed by atoms with Gasteiger partial charge in [-0.25, -0.2) is 4.79 Å². The number of carboxylic acid groups (broad SMARTS) is 1. The maximum absolute atomic E-state index is 12.4. The zero-order chi connectivity index (χ0) is 15.1. The summed E-state index contributed by atoms with van der Waals surface area (Å²) >= 11 is 6.20. The van der Waals surface area contributed by atoms with Gasteiger partial charge in [0.15, 0.2) is 5.78 Å². The first kappa shape index (κ1) is 13.9. The Labute approximate surface area is 126 Å². The summed E-state index contributed by atoms with van der Waals surface area (Å²) in [5, 5.41) is 9.80. The number of hydrogen-bond donors (Lipinski definition) is 2. The summed E-state index contributed by atoms with van der Waals surface area (Å²) in [4.78, 5) is 26.5. The van der Waals surface area contributed by atoms with Crippen LogP contribution in [0.3, 0.4) is 0 Å². The molecule has 3 rings (SSSR count). The quantitative estimate of drug-likeness (QED) is 0.890. The summed E-state index contributed by atoms with van der Waals surface area (Å²) < 4.78 is 0. The standard InChI is InChI=1S/C16H14ClNO3/c1-8-14-12(18-15(8)16(20)21)6-9(7-13(14)19)10-4-2-3-5-11(10)17/h2-5,9,18H,6-7H2,1H3,(H,20,21)/t9-/m0/s1. The molecule has 0 spiro atoms. The normalized spacial score (nSPS) is 17.6. The lowest BCUT2D eigenvalue weighted by molar-refractivity contribution is 0.0690. The van der Waals surface area contributed by atoms with Crippen molar-refractivity contribution in [1.29, 1.82) is 0 Å². The molecule has 0 amide bonds. The highest BCUT2D eigenvalue weighted by molar-refractivity contribution is 6.31. The van der Waals surface area contributed by atoms with Crippen molar-refractivity contribution < 1.29 is 14.7 Å². The van der Waals surface area contributed by atoms with Gasteiger partial charge >= 0.3 is 5.97 Å². The van der Waals surface area contributed by atoms with Gasteiger partial charge in [0.05, 0.1) is 0 Å². The van der Waals surface area contributed by atoms with Gasteiger partial charge in [0.1, 0.15) is 5.69 Å². The minimum absolute atomic E-state index is 0.0154. The fraction of sp³-hybridized carbons (Fsp3) is 0.250.